The molecule has 1 unspecified atom stereocenters. The monoisotopic (exact) mass is 470 g/mol. The largest absolute Gasteiger partial charge is 0.386 e. The summed E-state index contributed by atoms with van der Waals surface area (Å²) in [6.45, 7) is -0.288. The fraction of sp³-hybridized carbons (Fsp3) is 1.00. The first-order valence-corrected chi connectivity index (χ1v) is 12.4. The summed E-state index contributed by atoms with van der Waals surface area (Å²) >= 11 is 21.9. The van der Waals surface area contributed by atoms with Crippen LogP contribution in [0.3, 0.4) is 0 Å². The highest BCUT2D eigenvalue weighted by Crippen LogP contribution is 2.52. The highest BCUT2D eigenvalue weighted by atomic mass is 35.5. The van der Waals surface area contributed by atoms with E-state index in [9.17, 15) is 9.13 Å². The van der Waals surface area contributed by atoms with E-state index in [0.717, 1.165) is 0 Å². The van der Waals surface area contributed by atoms with Gasteiger partial charge in [0, 0.05) is 23.5 Å². The van der Waals surface area contributed by atoms with Gasteiger partial charge in [0.05, 0.1) is 38.8 Å². The quantitative estimate of drug-likeness (QED) is 0.102. The van der Waals surface area contributed by atoms with E-state index in [1.165, 1.54) is 0 Å². The smallest absolute Gasteiger partial charge is 0.308 e. The van der Waals surface area contributed by atoms with E-state index < -0.39 is 15.2 Å². The van der Waals surface area contributed by atoms with Gasteiger partial charge in [-0.3, -0.25) is 9.13 Å². The molecular formula is C10H20Cl4O8P2. The summed E-state index contributed by atoms with van der Waals surface area (Å²) in [5.41, 5.74) is 0. The van der Waals surface area contributed by atoms with Crippen molar-refractivity contribution >= 4 is 61.6 Å². The van der Waals surface area contributed by atoms with Gasteiger partial charge in [0.15, 0.2) is 0 Å². The number of hydrogen-bond acceptors (Lipinski definition) is 8. The molecule has 24 heavy (non-hydrogen) atoms. The molecule has 0 heterocycles. The fourth-order valence-corrected chi connectivity index (χ4v) is 4.43. The minimum Gasteiger partial charge on any atom is -0.308 e. The summed E-state index contributed by atoms with van der Waals surface area (Å²) in [5.74, 6) is 0.438. The van der Waals surface area contributed by atoms with Crippen molar-refractivity contribution in [3.05, 3.63) is 0 Å². The third-order valence-electron chi connectivity index (χ3n) is 2.03. The van der Waals surface area contributed by atoms with Crippen molar-refractivity contribution in [3.63, 3.8) is 0 Å². The van der Waals surface area contributed by atoms with Gasteiger partial charge in [0.2, 0.25) is 0 Å². The minimum atomic E-state index is -3.83. The Kier molecular flexibility index (Phi) is 16.3. The van der Waals surface area contributed by atoms with Crippen molar-refractivity contribution < 1.29 is 37.3 Å². The zero-order valence-electron chi connectivity index (χ0n) is 12.7. The second-order valence-electron chi connectivity index (χ2n) is 3.88. The van der Waals surface area contributed by atoms with Crippen LogP contribution in [0.25, 0.3) is 0 Å². The van der Waals surface area contributed by atoms with Crippen LogP contribution in [0.15, 0.2) is 0 Å². The minimum absolute atomic E-state index is 0.0190. The van der Waals surface area contributed by atoms with Crippen molar-refractivity contribution in [1.29, 1.82) is 0 Å². The third kappa shape index (κ3) is 12.7. The van der Waals surface area contributed by atoms with E-state index in [4.69, 9.17) is 64.8 Å². The van der Waals surface area contributed by atoms with Crippen LogP contribution in [0.1, 0.15) is 0 Å². The molecule has 0 aliphatic rings. The van der Waals surface area contributed by atoms with E-state index in [2.05, 4.69) is 9.78 Å². The highest BCUT2D eigenvalue weighted by molar-refractivity contribution is 7.54. The molecule has 0 saturated heterocycles. The number of rotatable bonds is 17. The first kappa shape index (κ1) is 25.4. The van der Waals surface area contributed by atoms with Gasteiger partial charge >= 0.3 is 15.2 Å². The summed E-state index contributed by atoms with van der Waals surface area (Å²) in [7, 11) is -7.29. The Morgan fingerprint density at radius 1 is 0.583 bits per heavy atom. The SMILES string of the molecule is O=P(CCCl)(OCCCl)OCCP(=O)(OOCCCl)OOCCCl. The lowest BCUT2D eigenvalue weighted by atomic mass is 10.9. The van der Waals surface area contributed by atoms with E-state index >= 15 is 0 Å². The molecule has 0 radical (unpaired) electrons. The van der Waals surface area contributed by atoms with Crippen molar-refractivity contribution in [1.82, 2.24) is 0 Å². The molecule has 0 fully saturated rings. The van der Waals surface area contributed by atoms with Gasteiger partial charge in [0.1, 0.15) is 0 Å². The molecule has 8 nitrogen and oxygen atoms in total. The molecule has 1 atom stereocenters. The van der Waals surface area contributed by atoms with Crippen molar-refractivity contribution in [3.8, 4) is 0 Å². The summed E-state index contributed by atoms with van der Waals surface area (Å²) in [4.78, 5) is 9.29. The molecule has 0 aliphatic carbocycles. The van der Waals surface area contributed by atoms with E-state index in [1.807, 2.05) is 0 Å². The second-order valence-corrected chi connectivity index (χ2v) is 9.55. The Labute approximate surface area is 161 Å². The van der Waals surface area contributed by atoms with Gasteiger partial charge in [0.25, 0.3) is 0 Å². The molecule has 0 aromatic rings. The van der Waals surface area contributed by atoms with Crippen LogP contribution >= 0.6 is 61.6 Å². The van der Waals surface area contributed by atoms with Crippen LogP contribution in [0.4, 0.5) is 0 Å². The Hall–Kier alpha value is 1.38. The first-order chi connectivity index (χ1) is 11.4. The second kappa shape index (κ2) is 15.4. The molecule has 0 rings (SSSR count). The normalized spacial score (nSPS) is 14.7. The zero-order valence-corrected chi connectivity index (χ0v) is 17.6. The summed E-state index contributed by atoms with van der Waals surface area (Å²) in [5, 5.41) is 0. The van der Waals surface area contributed by atoms with Crippen molar-refractivity contribution in [2.24, 2.45) is 0 Å². The average Bonchev–Trinajstić information content (AvgIpc) is 2.54. The fourth-order valence-electron chi connectivity index (χ4n) is 1.12. The molecule has 0 bridgehead atoms. The van der Waals surface area contributed by atoms with Crippen LogP contribution in [-0.4, -0.2) is 62.3 Å². The Bertz CT molecular complexity index is 389. The molecule has 0 amide bonds. The third-order valence-corrected chi connectivity index (χ3v) is 6.26. The maximum atomic E-state index is 12.4. The lowest BCUT2D eigenvalue weighted by Gasteiger charge is -2.19. The molecule has 0 aromatic heterocycles. The predicted molar refractivity (Wildman–Crippen MR) is 93.8 cm³/mol. The van der Waals surface area contributed by atoms with E-state index in [0.29, 0.717) is 0 Å². The van der Waals surface area contributed by atoms with Gasteiger partial charge in [-0.2, -0.15) is 0 Å². The van der Waals surface area contributed by atoms with Gasteiger partial charge in [-0.05, 0) is 0 Å². The van der Waals surface area contributed by atoms with Crippen molar-refractivity contribution in [2.45, 2.75) is 0 Å². The molecule has 0 aliphatic heterocycles. The molecular weight excluding hydrogens is 452 g/mol. The van der Waals surface area contributed by atoms with Gasteiger partial charge < -0.3 is 9.05 Å². The first-order valence-electron chi connectivity index (χ1n) is 6.78. The number of halogens is 4. The highest BCUT2D eigenvalue weighted by Gasteiger charge is 2.31. The van der Waals surface area contributed by atoms with Crippen LogP contribution in [-0.2, 0) is 37.3 Å². The molecule has 146 valence electrons. The maximum Gasteiger partial charge on any atom is 0.386 e. The lowest BCUT2D eigenvalue weighted by Crippen LogP contribution is -2.10. The van der Waals surface area contributed by atoms with Crippen LogP contribution in [0, 0.1) is 0 Å². The van der Waals surface area contributed by atoms with Gasteiger partial charge in [-0.15, -0.1) is 55.8 Å². The maximum absolute atomic E-state index is 12.4. The van der Waals surface area contributed by atoms with Gasteiger partial charge in [-0.25, -0.2) is 9.78 Å². The zero-order chi connectivity index (χ0) is 18.3. The van der Waals surface area contributed by atoms with Crippen LogP contribution in [0.5, 0.6) is 0 Å². The number of hydrogen-bond donors (Lipinski definition) is 0. The molecule has 0 saturated carbocycles. The number of alkyl halides is 4. The Morgan fingerprint density at radius 2 is 1.08 bits per heavy atom. The Balaban J connectivity index is 4.54. The molecule has 0 aromatic carbocycles. The molecule has 14 heteroatoms. The molecule has 0 N–H and O–H groups in total. The van der Waals surface area contributed by atoms with Crippen molar-refractivity contribution in [2.75, 3.05) is 62.3 Å². The molecule has 0 spiro atoms. The van der Waals surface area contributed by atoms with Gasteiger partial charge in [-0.1, -0.05) is 0 Å². The summed E-state index contributed by atoms with van der Waals surface area (Å²) in [6.07, 6.45) is -0.336. The summed E-state index contributed by atoms with van der Waals surface area (Å²) in [6, 6.07) is 0. The predicted octanol–water partition coefficient (Wildman–Crippen LogP) is 4.26. The standard InChI is InChI=1S/C10H20Cl4O8P2/c11-1-5-17-21-24(16,22-18-6-2-12)10-8-20-23(15,9-4-14)19-7-3-13/h1-10H2. The lowest BCUT2D eigenvalue weighted by molar-refractivity contribution is -0.262. The van der Waals surface area contributed by atoms with Crippen LogP contribution < -0.4 is 0 Å². The Morgan fingerprint density at radius 3 is 1.54 bits per heavy atom. The van der Waals surface area contributed by atoms with Crippen LogP contribution in [0.2, 0.25) is 0 Å². The van der Waals surface area contributed by atoms with E-state index in [-0.39, 0.29) is 62.3 Å². The summed E-state index contributed by atoms with van der Waals surface area (Å²) < 4.78 is 44.4. The average molecular weight is 472 g/mol. The van der Waals surface area contributed by atoms with E-state index in [1.54, 1.807) is 0 Å². The topological polar surface area (TPSA) is 89.5 Å².